The number of benzene rings is 1. The van der Waals surface area contributed by atoms with E-state index in [1.54, 1.807) is 0 Å². The summed E-state index contributed by atoms with van der Waals surface area (Å²) in [7, 11) is 0. The van der Waals surface area contributed by atoms with Crippen LogP contribution in [0.5, 0.6) is 5.75 Å². The van der Waals surface area contributed by atoms with E-state index in [4.69, 9.17) is 15.2 Å². The molecule has 0 bridgehead atoms. The molecule has 9 amide bonds. The molecule has 1 aromatic rings. The molecule has 0 aromatic heterocycles. The molecule has 1 aromatic carbocycles. The number of carbonyl (C=O) groups excluding carboxylic acids is 9. The fourth-order valence-corrected chi connectivity index (χ4v) is 8.23. The molecule has 3 aliphatic rings. The molecule has 69 heavy (non-hydrogen) atoms. The van der Waals surface area contributed by atoms with E-state index < -0.39 is 159 Å². The maximum absolute atomic E-state index is 14.3. The number of hydrogen-bond donors (Lipinski definition) is 14. The number of likely N-dealkylation sites (tertiary alicyclic amines) is 2. The smallest absolute Gasteiger partial charge is 0.248 e. The third-order valence-corrected chi connectivity index (χ3v) is 11.8. The Bertz CT molecular complexity index is 2010. The number of phenols is 1. The van der Waals surface area contributed by atoms with Crippen LogP contribution in [0.1, 0.15) is 52.0 Å². The first-order chi connectivity index (χ1) is 32.6. The van der Waals surface area contributed by atoms with Crippen molar-refractivity contribution in [1.29, 1.82) is 0 Å². The maximum Gasteiger partial charge on any atom is 0.248 e. The van der Waals surface area contributed by atoms with Gasteiger partial charge in [0, 0.05) is 33.4 Å². The Morgan fingerprint density at radius 2 is 1.23 bits per heavy atom. The Kier molecular flexibility index (Phi) is 20.5. The number of aliphatic hydroxyl groups excluding tert-OH is 6. The summed E-state index contributed by atoms with van der Waals surface area (Å²) < 4.78 is 11.7. The first kappa shape index (κ1) is 55.5. The predicted molar refractivity (Wildman–Crippen MR) is 233 cm³/mol. The number of primary amides is 1. The van der Waals surface area contributed by atoms with Crippen molar-refractivity contribution in [3.8, 4) is 5.75 Å². The third-order valence-electron chi connectivity index (χ3n) is 11.8. The zero-order valence-electron chi connectivity index (χ0n) is 38.2. The average molecular weight is 982 g/mol. The first-order valence-corrected chi connectivity index (χ1v) is 22.2. The van der Waals surface area contributed by atoms with Crippen LogP contribution in [-0.2, 0) is 59.0 Å². The van der Waals surface area contributed by atoms with Crippen molar-refractivity contribution in [2.75, 3.05) is 39.5 Å². The maximum atomic E-state index is 14.3. The predicted octanol–water partition coefficient (Wildman–Crippen LogP) is -7.83. The van der Waals surface area contributed by atoms with Crippen molar-refractivity contribution < 1.29 is 88.4 Å². The molecule has 0 saturated carbocycles. The van der Waals surface area contributed by atoms with E-state index in [1.807, 2.05) is 0 Å². The van der Waals surface area contributed by atoms with Crippen LogP contribution in [0.4, 0.5) is 0 Å². The Balaban J connectivity index is 1.60. The van der Waals surface area contributed by atoms with Gasteiger partial charge in [0.05, 0.1) is 32.5 Å². The highest BCUT2D eigenvalue weighted by Gasteiger charge is 2.48. The van der Waals surface area contributed by atoms with Crippen LogP contribution in [0, 0.1) is 0 Å². The lowest BCUT2D eigenvalue weighted by molar-refractivity contribution is -0.281. The third kappa shape index (κ3) is 14.5. The minimum atomic E-state index is -1.89. The summed E-state index contributed by atoms with van der Waals surface area (Å²) in [5, 5.41) is 85.5. The van der Waals surface area contributed by atoms with E-state index in [9.17, 15) is 78.9 Å². The van der Waals surface area contributed by atoms with Gasteiger partial charge in [-0.2, -0.15) is 0 Å². The van der Waals surface area contributed by atoms with Gasteiger partial charge in [-0.05, 0) is 50.3 Å². The monoisotopic (exact) mass is 981 g/mol. The summed E-state index contributed by atoms with van der Waals surface area (Å²) in [5.41, 5.74) is 5.75. The minimum Gasteiger partial charge on any atom is -0.508 e. The summed E-state index contributed by atoms with van der Waals surface area (Å²) in [5.74, 6) is -8.22. The molecule has 15 N–H and O–H groups in total. The largest absolute Gasteiger partial charge is 0.508 e. The van der Waals surface area contributed by atoms with E-state index in [0.717, 1.165) is 23.6 Å². The van der Waals surface area contributed by atoms with Crippen LogP contribution in [-0.4, -0.2) is 217 Å². The summed E-state index contributed by atoms with van der Waals surface area (Å²) in [6.45, 7) is -0.321. The van der Waals surface area contributed by atoms with Crippen molar-refractivity contribution in [3.05, 3.63) is 29.8 Å². The summed E-state index contributed by atoms with van der Waals surface area (Å²) >= 11 is 0. The van der Waals surface area contributed by atoms with E-state index in [0.29, 0.717) is 5.56 Å². The summed E-state index contributed by atoms with van der Waals surface area (Å²) in [4.78, 5) is 121. The number of aromatic hydroxyl groups is 1. The molecule has 3 heterocycles. The molecule has 3 aliphatic heterocycles. The minimum absolute atomic E-state index is 0.00965. The van der Waals surface area contributed by atoms with Gasteiger partial charge in [0.2, 0.25) is 53.2 Å². The van der Waals surface area contributed by atoms with Gasteiger partial charge < -0.3 is 92.7 Å². The normalized spacial score (nSPS) is 24.9. The molecule has 0 radical (unpaired) electrons. The SMILES string of the molecule is CC(=O)N[C@H]1[C@H](O[C@H](C)[C@H](NC(=O)[C@@H]2CCCN2C(=O)[C@H](CO)NC(=O)[C@H](Cc2ccc(O)cc2)NC(C)=O)C(=O)N[C@@H](CO)C(=O)N2CCC[C@H]2C(=O)N[C@@H](CO)C(N)=O)O[C@H](CO)[C@@H](O)[C@@H]1O. The molecule has 13 atom stereocenters. The van der Waals surface area contributed by atoms with Gasteiger partial charge >= 0.3 is 0 Å². The second kappa shape index (κ2) is 25.5. The van der Waals surface area contributed by atoms with E-state index in [-0.39, 0.29) is 50.9 Å². The van der Waals surface area contributed by atoms with Crippen LogP contribution in [0.15, 0.2) is 24.3 Å². The van der Waals surface area contributed by atoms with Gasteiger partial charge in [-0.15, -0.1) is 0 Å². The summed E-state index contributed by atoms with van der Waals surface area (Å²) in [6, 6.07) is -6.39. The van der Waals surface area contributed by atoms with Gasteiger partial charge in [-0.1, -0.05) is 12.1 Å². The van der Waals surface area contributed by atoms with Crippen molar-refractivity contribution >= 4 is 53.2 Å². The molecule has 4 rings (SSSR count). The topological polar surface area (TPSA) is 418 Å². The van der Waals surface area contributed by atoms with Gasteiger partial charge in [0.15, 0.2) is 6.29 Å². The Hall–Kier alpha value is -6.07. The van der Waals surface area contributed by atoms with Crippen LogP contribution in [0.2, 0.25) is 0 Å². The fourth-order valence-electron chi connectivity index (χ4n) is 8.23. The zero-order chi connectivity index (χ0) is 51.3. The number of hydrogen-bond acceptors (Lipinski definition) is 18. The van der Waals surface area contributed by atoms with Gasteiger partial charge in [0.25, 0.3) is 0 Å². The number of amides is 9. The zero-order valence-corrected chi connectivity index (χ0v) is 38.2. The molecule has 384 valence electrons. The number of phenolic OH excluding ortho intramolecular Hbond substituents is 1. The molecular formula is C42H63N9O18. The van der Waals surface area contributed by atoms with Crippen LogP contribution in [0.25, 0.3) is 0 Å². The van der Waals surface area contributed by atoms with E-state index >= 15 is 0 Å². The van der Waals surface area contributed by atoms with E-state index in [1.165, 1.54) is 31.2 Å². The average Bonchev–Trinajstić information content (AvgIpc) is 4.01. The highest BCUT2D eigenvalue weighted by atomic mass is 16.7. The highest BCUT2D eigenvalue weighted by molar-refractivity contribution is 5.98. The standard InChI is InChI=1S/C42H63N9O18/c1-19(68-42-32(45-21(3)57)34(60)33(59)30(18-55)69-42)31(39(65)48-27(17-54)41(67)50-12-4-6-28(50)37(63)46-25(15-52)35(43)61)49-38(64)29-7-5-13-51(29)40(66)26(16-53)47-36(62)24(44-20(2)56)14-22-8-10-23(58)11-9-22/h8-11,19,24-34,42,52-55,58-60H,4-7,12-18H2,1-3H3,(H2,43,61)(H,44,56)(H,45,57)(H,46,63)(H,47,62)(H,48,65)(H,49,64)/t19-,24+,25+,26+,27+,28+,29+,30-,31+,32-,33-,34-,42-/m1/s1. The first-order valence-electron chi connectivity index (χ1n) is 22.2. The molecule has 0 unspecified atom stereocenters. The Morgan fingerprint density at radius 1 is 0.710 bits per heavy atom. The molecule has 3 saturated heterocycles. The second-order valence-electron chi connectivity index (χ2n) is 16.9. The molecule has 0 aliphatic carbocycles. The molecule has 0 spiro atoms. The van der Waals surface area contributed by atoms with Crippen LogP contribution < -0.4 is 37.6 Å². The highest BCUT2D eigenvalue weighted by Crippen LogP contribution is 2.25. The second-order valence-corrected chi connectivity index (χ2v) is 16.9. The lowest BCUT2D eigenvalue weighted by atomic mass is 9.96. The number of ether oxygens (including phenoxy) is 2. The number of nitrogens with one attached hydrogen (secondary N) is 6. The number of nitrogens with zero attached hydrogens (tertiary/aromatic N) is 2. The Labute approximate surface area is 395 Å². The van der Waals surface area contributed by atoms with E-state index in [2.05, 4.69) is 31.9 Å². The fraction of sp³-hybridized carbons (Fsp3) is 0.643. The van der Waals surface area contributed by atoms with Crippen LogP contribution >= 0.6 is 0 Å². The molecular weight excluding hydrogens is 919 g/mol. The lowest BCUT2D eigenvalue weighted by Gasteiger charge is -2.43. The van der Waals surface area contributed by atoms with Gasteiger partial charge in [-0.3, -0.25) is 43.2 Å². The van der Waals surface area contributed by atoms with Gasteiger partial charge in [0.1, 0.15) is 72.4 Å². The van der Waals surface area contributed by atoms with Crippen molar-refractivity contribution in [2.45, 2.75) is 132 Å². The van der Waals surface area contributed by atoms with Crippen molar-refractivity contribution in [3.63, 3.8) is 0 Å². The number of aliphatic hydroxyl groups is 6. The number of rotatable bonds is 22. The molecule has 3 fully saturated rings. The van der Waals surface area contributed by atoms with Crippen molar-refractivity contribution in [1.82, 2.24) is 41.7 Å². The molecule has 27 nitrogen and oxygen atoms in total. The number of nitrogens with two attached hydrogens (primary N) is 1. The summed E-state index contributed by atoms with van der Waals surface area (Å²) in [6.07, 6.45) is -7.79. The lowest BCUT2D eigenvalue weighted by Crippen LogP contribution is -2.66. The number of carbonyl (C=O) groups is 9. The van der Waals surface area contributed by atoms with Gasteiger partial charge in [-0.25, -0.2) is 0 Å². The van der Waals surface area contributed by atoms with Crippen LogP contribution in [0.3, 0.4) is 0 Å². The van der Waals surface area contributed by atoms with Crippen molar-refractivity contribution in [2.24, 2.45) is 5.73 Å². The Morgan fingerprint density at radius 3 is 1.71 bits per heavy atom. The molecule has 27 heteroatoms. The quantitative estimate of drug-likeness (QED) is 0.0513.